The number of pyridine rings is 1. The molecule has 1 aliphatic heterocycles. The minimum atomic E-state index is -0.175. The Kier molecular flexibility index (Phi) is 3.96. The van der Waals surface area contributed by atoms with Crippen LogP contribution in [0, 0.1) is 11.8 Å². The third-order valence-electron chi connectivity index (χ3n) is 3.11. The maximum Gasteiger partial charge on any atom is 0.272 e. The fraction of sp³-hybridized carbons (Fsp3) is 0.429. The number of hydrogen-bond donors (Lipinski definition) is 1. The molecule has 0 aliphatic carbocycles. The number of aliphatic hydroxyl groups is 1. The summed E-state index contributed by atoms with van der Waals surface area (Å²) in [6.07, 6.45) is 3.69. The second-order valence-corrected chi connectivity index (χ2v) is 4.38. The van der Waals surface area contributed by atoms with E-state index < -0.39 is 0 Å². The molecule has 1 aromatic rings. The first-order valence-corrected chi connectivity index (χ1v) is 6.09. The highest BCUT2D eigenvalue weighted by Crippen LogP contribution is 2.18. The molecule has 1 fully saturated rings. The Bertz CT molecular complexity index is 485. The van der Waals surface area contributed by atoms with E-state index in [1.807, 2.05) is 4.90 Å². The normalized spacial score (nSPS) is 18.3. The molecule has 1 amide bonds. The predicted octanol–water partition coefficient (Wildman–Crippen LogP) is 1.05. The monoisotopic (exact) mass is 244 g/mol. The van der Waals surface area contributed by atoms with Gasteiger partial charge in [0.25, 0.3) is 5.91 Å². The Balaban J connectivity index is 2.11. The average molecular weight is 244 g/mol. The van der Waals surface area contributed by atoms with Gasteiger partial charge in [0, 0.05) is 24.3 Å². The van der Waals surface area contributed by atoms with Gasteiger partial charge in [-0.3, -0.25) is 4.79 Å². The smallest absolute Gasteiger partial charge is 0.272 e. The third-order valence-corrected chi connectivity index (χ3v) is 3.11. The van der Waals surface area contributed by atoms with Crippen molar-refractivity contribution in [3.8, 4) is 11.8 Å². The highest BCUT2D eigenvalue weighted by Gasteiger charge is 2.26. The molecule has 1 atom stereocenters. The molecule has 1 aliphatic rings. The van der Waals surface area contributed by atoms with Crippen molar-refractivity contribution in [2.75, 3.05) is 13.2 Å². The molecule has 94 valence electrons. The summed E-state index contributed by atoms with van der Waals surface area (Å²) < 4.78 is 0. The van der Waals surface area contributed by atoms with Gasteiger partial charge in [0.1, 0.15) is 12.3 Å². The van der Waals surface area contributed by atoms with Crippen molar-refractivity contribution in [2.45, 2.75) is 25.8 Å². The molecule has 4 heteroatoms. The van der Waals surface area contributed by atoms with Gasteiger partial charge in [-0.1, -0.05) is 11.8 Å². The number of rotatable bonds is 1. The molecule has 1 N–H and O–H groups in total. The number of aromatic nitrogens is 1. The molecule has 2 rings (SSSR count). The minimum absolute atomic E-state index is 0.0123. The van der Waals surface area contributed by atoms with Crippen molar-refractivity contribution in [3.05, 3.63) is 29.6 Å². The molecular weight excluding hydrogens is 228 g/mol. The molecule has 0 saturated carbocycles. The maximum atomic E-state index is 12.2. The van der Waals surface area contributed by atoms with Crippen molar-refractivity contribution < 1.29 is 9.90 Å². The molecule has 0 aromatic carbocycles. The van der Waals surface area contributed by atoms with E-state index in [1.54, 1.807) is 18.3 Å². The van der Waals surface area contributed by atoms with Gasteiger partial charge in [-0.05, 0) is 31.9 Å². The van der Waals surface area contributed by atoms with Crippen LogP contribution in [0.3, 0.4) is 0 Å². The summed E-state index contributed by atoms with van der Waals surface area (Å²) in [5.41, 5.74) is 1.16. The summed E-state index contributed by atoms with van der Waals surface area (Å²) in [7, 11) is 0. The van der Waals surface area contributed by atoms with Crippen LogP contribution in [0.1, 0.15) is 35.8 Å². The van der Waals surface area contributed by atoms with E-state index in [2.05, 4.69) is 23.7 Å². The molecule has 0 bridgehead atoms. The van der Waals surface area contributed by atoms with Crippen molar-refractivity contribution in [1.29, 1.82) is 0 Å². The van der Waals surface area contributed by atoms with Crippen molar-refractivity contribution in [3.63, 3.8) is 0 Å². The lowest BCUT2D eigenvalue weighted by Gasteiger charge is -2.20. The quantitative estimate of drug-likeness (QED) is 0.751. The molecule has 2 heterocycles. The summed E-state index contributed by atoms with van der Waals surface area (Å²) in [4.78, 5) is 18.2. The van der Waals surface area contributed by atoms with Crippen LogP contribution < -0.4 is 0 Å². The molecule has 0 spiro atoms. The molecule has 0 radical (unpaired) electrons. The standard InChI is InChI=1S/C14H16N2O2/c1-11-4-2-8-16(11)14(18)13-7-6-12(10-15-13)5-3-9-17/h6-7,10-11,17H,2,4,8-9H2,1H3. The lowest BCUT2D eigenvalue weighted by atomic mass is 10.2. The number of amides is 1. The van der Waals surface area contributed by atoms with Gasteiger partial charge < -0.3 is 10.0 Å². The summed E-state index contributed by atoms with van der Waals surface area (Å²) in [5, 5.41) is 8.59. The molecular formula is C14H16N2O2. The fourth-order valence-corrected chi connectivity index (χ4v) is 2.12. The van der Waals surface area contributed by atoms with E-state index in [0.29, 0.717) is 17.3 Å². The van der Waals surface area contributed by atoms with Crippen LogP contribution in [-0.4, -0.2) is 40.1 Å². The van der Waals surface area contributed by atoms with E-state index in [4.69, 9.17) is 5.11 Å². The number of likely N-dealkylation sites (tertiary alicyclic amines) is 1. The Labute approximate surface area is 107 Å². The zero-order valence-corrected chi connectivity index (χ0v) is 10.4. The van der Waals surface area contributed by atoms with Gasteiger partial charge in [-0.25, -0.2) is 4.98 Å². The molecule has 1 saturated heterocycles. The second kappa shape index (κ2) is 5.65. The van der Waals surface area contributed by atoms with E-state index in [1.165, 1.54) is 0 Å². The number of carbonyl (C=O) groups excluding carboxylic acids is 1. The highest BCUT2D eigenvalue weighted by molar-refractivity contribution is 5.92. The van der Waals surface area contributed by atoms with Gasteiger partial charge >= 0.3 is 0 Å². The van der Waals surface area contributed by atoms with Crippen LogP contribution in [0.2, 0.25) is 0 Å². The number of nitrogens with zero attached hydrogens (tertiary/aromatic N) is 2. The van der Waals surface area contributed by atoms with Gasteiger partial charge in [0.05, 0.1) is 0 Å². The van der Waals surface area contributed by atoms with E-state index in [9.17, 15) is 4.79 Å². The zero-order chi connectivity index (χ0) is 13.0. The second-order valence-electron chi connectivity index (χ2n) is 4.38. The van der Waals surface area contributed by atoms with Crippen LogP contribution in [0.25, 0.3) is 0 Å². The van der Waals surface area contributed by atoms with Crippen molar-refractivity contribution in [2.24, 2.45) is 0 Å². The molecule has 1 aromatic heterocycles. The van der Waals surface area contributed by atoms with Crippen molar-refractivity contribution >= 4 is 5.91 Å². The topological polar surface area (TPSA) is 53.4 Å². The first-order valence-electron chi connectivity index (χ1n) is 6.09. The number of carbonyl (C=O) groups is 1. The summed E-state index contributed by atoms with van der Waals surface area (Å²) in [6, 6.07) is 3.74. The molecule has 4 nitrogen and oxygen atoms in total. The Morgan fingerprint density at radius 1 is 1.61 bits per heavy atom. The zero-order valence-electron chi connectivity index (χ0n) is 10.4. The molecule has 18 heavy (non-hydrogen) atoms. The summed E-state index contributed by atoms with van der Waals surface area (Å²) in [6.45, 7) is 2.70. The van der Waals surface area contributed by atoms with Gasteiger partial charge in [-0.15, -0.1) is 0 Å². The first-order chi connectivity index (χ1) is 8.72. The van der Waals surface area contributed by atoms with Gasteiger partial charge in [-0.2, -0.15) is 0 Å². The van der Waals surface area contributed by atoms with Crippen LogP contribution >= 0.6 is 0 Å². The fourth-order valence-electron chi connectivity index (χ4n) is 2.12. The Morgan fingerprint density at radius 2 is 2.44 bits per heavy atom. The highest BCUT2D eigenvalue weighted by atomic mass is 16.2. The number of aliphatic hydroxyl groups excluding tert-OH is 1. The maximum absolute atomic E-state index is 12.2. The third kappa shape index (κ3) is 2.69. The van der Waals surface area contributed by atoms with Crippen molar-refractivity contribution in [1.82, 2.24) is 9.88 Å². The Morgan fingerprint density at radius 3 is 3.00 bits per heavy atom. The SMILES string of the molecule is CC1CCCN1C(=O)c1ccc(C#CCO)cn1. The van der Waals surface area contributed by atoms with E-state index >= 15 is 0 Å². The average Bonchev–Trinajstić information content (AvgIpc) is 2.82. The van der Waals surface area contributed by atoms with E-state index in [-0.39, 0.29) is 12.5 Å². The largest absolute Gasteiger partial charge is 0.384 e. The van der Waals surface area contributed by atoms with E-state index in [0.717, 1.165) is 19.4 Å². The van der Waals surface area contributed by atoms with Crippen LogP contribution in [0.5, 0.6) is 0 Å². The predicted molar refractivity (Wildman–Crippen MR) is 67.9 cm³/mol. The first kappa shape index (κ1) is 12.6. The van der Waals surface area contributed by atoms with Crippen LogP contribution in [0.4, 0.5) is 0 Å². The lowest BCUT2D eigenvalue weighted by Crippen LogP contribution is -2.34. The van der Waals surface area contributed by atoms with Gasteiger partial charge in [0.2, 0.25) is 0 Å². The lowest BCUT2D eigenvalue weighted by molar-refractivity contribution is 0.0741. The summed E-state index contributed by atoms with van der Waals surface area (Å²) >= 11 is 0. The minimum Gasteiger partial charge on any atom is -0.384 e. The Hall–Kier alpha value is -1.86. The van der Waals surface area contributed by atoms with Gasteiger partial charge in [0.15, 0.2) is 0 Å². The summed E-state index contributed by atoms with van der Waals surface area (Å²) in [5.74, 6) is 5.28. The number of hydrogen-bond acceptors (Lipinski definition) is 3. The van der Waals surface area contributed by atoms with Crippen LogP contribution in [0.15, 0.2) is 18.3 Å². The van der Waals surface area contributed by atoms with Crippen LogP contribution in [-0.2, 0) is 0 Å². The molecule has 1 unspecified atom stereocenters.